The molecule has 4 nitrogen and oxygen atoms in total. The number of para-hydroxylation sites is 2. The number of nitrogens with zero attached hydrogens (tertiary/aromatic N) is 1. The Hall–Kier alpha value is -2.35. The van der Waals surface area contributed by atoms with E-state index in [-0.39, 0.29) is 24.3 Å². The molecule has 30 heavy (non-hydrogen) atoms. The Kier molecular flexibility index (Phi) is 6.13. The third-order valence-electron chi connectivity index (χ3n) is 5.68. The van der Waals surface area contributed by atoms with Gasteiger partial charge >= 0.3 is 6.18 Å². The maximum atomic E-state index is 13.1. The number of amides is 1. The monoisotopic (exact) mass is 435 g/mol. The topological polar surface area (TPSA) is 57.8 Å². The highest BCUT2D eigenvalue weighted by Gasteiger charge is 2.35. The normalized spacial score (nSPS) is 16.6. The van der Waals surface area contributed by atoms with E-state index >= 15 is 0 Å². The van der Waals surface area contributed by atoms with Crippen LogP contribution < -0.4 is 5.32 Å². The van der Waals surface area contributed by atoms with Crippen molar-refractivity contribution in [1.29, 1.82) is 0 Å². The lowest BCUT2D eigenvalue weighted by molar-refractivity contribution is -0.134. The highest BCUT2D eigenvalue weighted by Crippen LogP contribution is 2.41. The van der Waals surface area contributed by atoms with Crippen molar-refractivity contribution in [2.45, 2.75) is 57.2 Å². The number of halogens is 3. The molecule has 1 aromatic carbocycles. The predicted octanol–water partition coefficient (Wildman–Crippen LogP) is 6.01. The van der Waals surface area contributed by atoms with Crippen LogP contribution in [0.1, 0.15) is 60.1 Å². The van der Waals surface area contributed by atoms with Crippen LogP contribution in [0.25, 0.3) is 11.0 Å². The van der Waals surface area contributed by atoms with Crippen molar-refractivity contribution in [3.8, 4) is 0 Å². The van der Waals surface area contributed by atoms with Crippen molar-refractivity contribution in [1.82, 2.24) is 15.3 Å². The molecule has 1 saturated carbocycles. The molecule has 0 saturated heterocycles. The zero-order chi connectivity index (χ0) is 21.1. The fraction of sp³-hybridized carbons (Fsp3) is 0.455. The molecule has 1 fully saturated rings. The number of thiophene rings is 1. The quantitative estimate of drug-likeness (QED) is 0.498. The fourth-order valence-corrected chi connectivity index (χ4v) is 5.18. The van der Waals surface area contributed by atoms with E-state index in [0.717, 1.165) is 66.4 Å². The van der Waals surface area contributed by atoms with Gasteiger partial charge in [-0.3, -0.25) is 4.79 Å². The van der Waals surface area contributed by atoms with Gasteiger partial charge in [-0.15, -0.1) is 11.3 Å². The molecule has 8 heteroatoms. The highest BCUT2D eigenvalue weighted by molar-refractivity contribution is 7.12. The molecular formula is C22H24F3N3OS. The second kappa shape index (κ2) is 8.79. The first-order valence-electron chi connectivity index (χ1n) is 10.3. The Labute approximate surface area is 176 Å². The minimum atomic E-state index is -4.36. The van der Waals surface area contributed by atoms with Gasteiger partial charge in [0, 0.05) is 17.7 Å². The molecule has 0 aliphatic heterocycles. The number of rotatable bonds is 6. The van der Waals surface area contributed by atoms with Crippen LogP contribution in [0.3, 0.4) is 0 Å². The molecule has 0 spiro atoms. The summed E-state index contributed by atoms with van der Waals surface area (Å²) in [5.41, 5.74) is 1.78. The molecule has 1 aliphatic carbocycles. The molecule has 4 rings (SSSR count). The van der Waals surface area contributed by atoms with Crippen LogP contribution in [0.15, 0.2) is 36.4 Å². The molecule has 0 radical (unpaired) electrons. The SMILES string of the molecule is O=C(CCc1nc2ccccc2[nH]1)NC(c1ccc(C(F)(F)F)s1)C1CCCCC1. The van der Waals surface area contributed by atoms with Gasteiger partial charge in [-0.25, -0.2) is 4.98 Å². The number of aromatic nitrogens is 2. The van der Waals surface area contributed by atoms with Gasteiger partial charge < -0.3 is 10.3 Å². The lowest BCUT2D eigenvalue weighted by Gasteiger charge is -2.30. The maximum absolute atomic E-state index is 13.1. The number of alkyl halides is 3. The van der Waals surface area contributed by atoms with Crippen molar-refractivity contribution in [3.05, 3.63) is 52.0 Å². The van der Waals surface area contributed by atoms with E-state index < -0.39 is 11.1 Å². The standard InChI is InChI=1S/C22H24F3N3OS/c23-22(24,25)18-11-10-17(30-18)21(14-6-2-1-3-7-14)28-20(29)13-12-19-26-15-8-4-5-9-16(15)27-19/h4-5,8-11,14,21H,1-3,6-7,12-13H2,(H,26,27)(H,28,29). The Morgan fingerprint density at radius 1 is 1.17 bits per heavy atom. The van der Waals surface area contributed by atoms with E-state index in [0.29, 0.717) is 11.3 Å². The number of nitrogens with one attached hydrogen (secondary N) is 2. The second-order valence-corrected chi connectivity index (χ2v) is 8.96. The number of carbonyl (C=O) groups excluding carboxylic acids is 1. The molecule has 2 heterocycles. The molecule has 2 aromatic heterocycles. The van der Waals surface area contributed by atoms with Gasteiger partial charge in [0.05, 0.1) is 17.1 Å². The molecule has 0 bridgehead atoms. The number of imidazole rings is 1. The second-order valence-electron chi connectivity index (χ2n) is 7.84. The van der Waals surface area contributed by atoms with Crippen LogP contribution in [0, 0.1) is 5.92 Å². The first-order valence-corrected chi connectivity index (χ1v) is 11.1. The Morgan fingerprint density at radius 3 is 2.63 bits per heavy atom. The molecule has 2 N–H and O–H groups in total. The van der Waals surface area contributed by atoms with Crippen molar-refractivity contribution >= 4 is 28.3 Å². The first kappa shape index (κ1) is 20.9. The van der Waals surface area contributed by atoms with Crippen LogP contribution in [0.2, 0.25) is 0 Å². The van der Waals surface area contributed by atoms with E-state index in [9.17, 15) is 18.0 Å². The highest BCUT2D eigenvalue weighted by atomic mass is 32.1. The number of hydrogen-bond donors (Lipinski definition) is 2. The molecular weight excluding hydrogens is 411 g/mol. The third kappa shape index (κ3) is 4.86. The molecule has 1 amide bonds. The van der Waals surface area contributed by atoms with Crippen LogP contribution in [-0.4, -0.2) is 15.9 Å². The minimum Gasteiger partial charge on any atom is -0.348 e. The lowest BCUT2D eigenvalue weighted by atomic mass is 9.83. The van der Waals surface area contributed by atoms with Crippen LogP contribution in [0.5, 0.6) is 0 Å². The zero-order valence-electron chi connectivity index (χ0n) is 16.5. The summed E-state index contributed by atoms with van der Waals surface area (Å²) < 4.78 is 39.2. The Morgan fingerprint density at radius 2 is 1.93 bits per heavy atom. The molecule has 1 atom stereocenters. The van der Waals surface area contributed by atoms with E-state index in [1.165, 1.54) is 6.07 Å². The van der Waals surface area contributed by atoms with Gasteiger partial charge in [0.1, 0.15) is 10.7 Å². The van der Waals surface area contributed by atoms with Gasteiger partial charge in [-0.2, -0.15) is 13.2 Å². The number of fused-ring (bicyclic) bond motifs is 1. The van der Waals surface area contributed by atoms with E-state index in [1.54, 1.807) is 0 Å². The van der Waals surface area contributed by atoms with E-state index in [1.807, 2.05) is 24.3 Å². The summed E-state index contributed by atoms with van der Waals surface area (Å²) in [5, 5.41) is 3.03. The first-order chi connectivity index (χ1) is 14.4. The predicted molar refractivity (Wildman–Crippen MR) is 111 cm³/mol. The van der Waals surface area contributed by atoms with Crippen LogP contribution >= 0.6 is 11.3 Å². The molecule has 1 aliphatic rings. The molecule has 160 valence electrons. The summed E-state index contributed by atoms with van der Waals surface area (Å²) in [6, 6.07) is 9.94. The third-order valence-corrected chi connectivity index (χ3v) is 6.89. The Balaban J connectivity index is 1.45. The number of aryl methyl sites for hydroxylation is 1. The number of hydrogen-bond acceptors (Lipinski definition) is 3. The molecule has 1 unspecified atom stereocenters. The number of benzene rings is 1. The largest absolute Gasteiger partial charge is 0.425 e. The van der Waals surface area contributed by atoms with Crippen molar-refractivity contribution in [3.63, 3.8) is 0 Å². The average molecular weight is 436 g/mol. The maximum Gasteiger partial charge on any atom is 0.425 e. The number of H-pyrrole nitrogens is 1. The van der Waals surface area contributed by atoms with Gasteiger partial charge in [0.2, 0.25) is 5.91 Å². The van der Waals surface area contributed by atoms with Gasteiger partial charge in [0.15, 0.2) is 0 Å². The number of aromatic amines is 1. The average Bonchev–Trinajstić information content (AvgIpc) is 3.38. The van der Waals surface area contributed by atoms with Gasteiger partial charge in [0.25, 0.3) is 0 Å². The van der Waals surface area contributed by atoms with E-state index in [2.05, 4.69) is 15.3 Å². The fourth-order valence-electron chi connectivity index (χ4n) is 4.16. The minimum absolute atomic E-state index is 0.159. The summed E-state index contributed by atoms with van der Waals surface area (Å²) in [6.45, 7) is 0. The van der Waals surface area contributed by atoms with E-state index in [4.69, 9.17) is 0 Å². The summed E-state index contributed by atoms with van der Waals surface area (Å²) >= 11 is 0.743. The van der Waals surface area contributed by atoms with Crippen LogP contribution in [0.4, 0.5) is 13.2 Å². The Bertz CT molecular complexity index is 971. The van der Waals surface area contributed by atoms with Crippen molar-refractivity contribution in [2.24, 2.45) is 5.92 Å². The smallest absolute Gasteiger partial charge is 0.348 e. The number of carbonyl (C=O) groups is 1. The summed E-state index contributed by atoms with van der Waals surface area (Å²) in [4.78, 5) is 20.4. The van der Waals surface area contributed by atoms with Crippen molar-refractivity contribution in [2.75, 3.05) is 0 Å². The zero-order valence-corrected chi connectivity index (χ0v) is 17.3. The summed E-state index contributed by atoms with van der Waals surface area (Å²) in [5.74, 6) is 0.748. The van der Waals surface area contributed by atoms with Gasteiger partial charge in [-0.1, -0.05) is 31.4 Å². The van der Waals surface area contributed by atoms with Gasteiger partial charge in [-0.05, 0) is 43.0 Å². The van der Waals surface area contributed by atoms with Crippen molar-refractivity contribution < 1.29 is 18.0 Å². The lowest BCUT2D eigenvalue weighted by Crippen LogP contribution is -2.34. The molecule has 3 aromatic rings. The summed E-state index contributed by atoms with van der Waals surface area (Å²) in [7, 11) is 0. The van der Waals surface area contributed by atoms with Crippen LogP contribution in [-0.2, 0) is 17.4 Å². The summed E-state index contributed by atoms with van der Waals surface area (Å²) in [6.07, 6.45) is 1.42.